The number of methoxy groups -OCH3 is 1. The SMILES string of the molecule is COc1ccc(NCC#Cc2cc3c(NC4CCN(C)CC4)cccc3n2CC(F)(F)F)cc1. The van der Waals surface area contributed by atoms with Gasteiger partial charge in [0.2, 0.25) is 0 Å². The van der Waals surface area contributed by atoms with E-state index in [9.17, 15) is 13.2 Å². The van der Waals surface area contributed by atoms with Gasteiger partial charge in [0.1, 0.15) is 12.3 Å². The third kappa shape index (κ3) is 5.97. The molecule has 0 bridgehead atoms. The summed E-state index contributed by atoms with van der Waals surface area (Å²) in [4.78, 5) is 2.28. The van der Waals surface area contributed by atoms with Crippen molar-refractivity contribution in [1.29, 1.82) is 0 Å². The molecular formula is C26H29F3N4O. The molecule has 34 heavy (non-hydrogen) atoms. The van der Waals surface area contributed by atoms with Crippen molar-refractivity contribution < 1.29 is 17.9 Å². The van der Waals surface area contributed by atoms with Crippen molar-refractivity contribution in [2.75, 3.05) is 44.4 Å². The van der Waals surface area contributed by atoms with Crippen LogP contribution in [0, 0.1) is 11.8 Å². The predicted octanol–water partition coefficient (Wildman–Crippen LogP) is 5.18. The summed E-state index contributed by atoms with van der Waals surface area (Å²) in [5.41, 5.74) is 2.59. The molecule has 0 radical (unpaired) electrons. The van der Waals surface area contributed by atoms with Crippen LogP contribution in [0.25, 0.3) is 10.9 Å². The normalized spacial score (nSPS) is 15.1. The van der Waals surface area contributed by atoms with Crippen molar-refractivity contribution in [3.63, 3.8) is 0 Å². The molecule has 1 aliphatic heterocycles. The van der Waals surface area contributed by atoms with Crippen molar-refractivity contribution in [2.45, 2.75) is 31.6 Å². The summed E-state index contributed by atoms with van der Waals surface area (Å²) in [6, 6.07) is 14.9. The molecule has 0 aliphatic carbocycles. The first-order valence-electron chi connectivity index (χ1n) is 11.3. The monoisotopic (exact) mass is 470 g/mol. The van der Waals surface area contributed by atoms with Gasteiger partial charge in [0.25, 0.3) is 0 Å². The number of likely N-dealkylation sites (tertiary alicyclic amines) is 1. The topological polar surface area (TPSA) is 41.5 Å². The third-order valence-corrected chi connectivity index (χ3v) is 6.05. The van der Waals surface area contributed by atoms with Crippen LogP contribution < -0.4 is 15.4 Å². The lowest BCUT2D eigenvalue weighted by atomic mass is 10.0. The number of fused-ring (bicyclic) bond motifs is 1. The molecule has 2 aromatic carbocycles. The second-order valence-electron chi connectivity index (χ2n) is 8.57. The van der Waals surface area contributed by atoms with Crippen LogP contribution in [0.5, 0.6) is 5.75 Å². The summed E-state index contributed by atoms with van der Waals surface area (Å²) in [5.74, 6) is 6.66. The van der Waals surface area contributed by atoms with E-state index in [0.29, 0.717) is 23.8 Å². The van der Waals surface area contributed by atoms with E-state index in [0.717, 1.165) is 48.4 Å². The van der Waals surface area contributed by atoms with E-state index >= 15 is 0 Å². The Morgan fingerprint density at radius 2 is 1.82 bits per heavy atom. The van der Waals surface area contributed by atoms with E-state index in [1.54, 1.807) is 25.3 Å². The fourth-order valence-corrected chi connectivity index (χ4v) is 4.23. The third-order valence-electron chi connectivity index (χ3n) is 6.05. The molecular weight excluding hydrogens is 441 g/mol. The standard InChI is InChI=1S/C26H29F3N4O/c1-32-15-12-20(13-16-32)31-24-6-3-7-25-23(24)17-21(33(25)18-26(27,28)29)5-4-14-30-19-8-10-22(34-2)11-9-19/h3,6-11,17,20,30-31H,12-16,18H2,1-2H3. The smallest absolute Gasteiger partial charge is 0.406 e. The van der Waals surface area contributed by atoms with Crippen LogP contribution in [0.4, 0.5) is 24.5 Å². The minimum Gasteiger partial charge on any atom is -0.497 e. The molecule has 0 spiro atoms. The molecule has 5 nitrogen and oxygen atoms in total. The molecule has 1 aromatic heterocycles. The van der Waals surface area contributed by atoms with Gasteiger partial charge in [-0.05, 0) is 81.4 Å². The number of hydrogen-bond acceptors (Lipinski definition) is 4. The number of alkyl halides is 3. The van der Waals surface area contributed by atoms with Crippen molar-refractivity contribution in [1.82, 2.24) is 9.47 Å². The summed E-state index contributed by atoms with van der Waals surface area (Å²) in [6.45, 7) is 1.23. The largest absolute Gasteiger partial charge is 0.497 e. The zero-order chi connectivity index (χ0) is 24.1. The summed E-state index contributed by atoms with van der Waals surface area (Å²) in [5, 5.41) is 7.48. The van der Waals surface area contributed by atoms with Crippen LogP contribution >= 0.6 is 0 Å². The number of benzene rings is 2. The van der Waals surface area contributed by atoms with Crippen molar-refractivity contribution in [3.8, 4) is 17.6 Å². The van der Waals surface area contributed by atoms with Gasteiger partial charge in [-0.2, -0.15) is 13.2 Å². The van der Waals surface area contributed by atoms with E-state index in [2.05, 4.69) is 34.4 Å². The van der Waals surface area contributed by atoms with Gasteiger partial charge in [-0.25, -0.2) is 0 Å². The van der Waals surface area contributed by atoms with Crippen LogP contribution in [-0.2, 0) is 6.54 Å². The average molecular weight is 471 g/mol. The number of rotatable bonds is 6. The quantitative estimate of drug-likeness (QED) is 0.487. The predicted molar refractivity (Wildman–Crippen MR) is 130 cm³/mol. The maximum Gasteiger partial charge on any atom is 0.406 e. The van der Waals surface area contributed by atoms with Crippen LogP contribution in [0.15, 0.2) is 48.5 Å². The Labute approximate surface area is 197 Å². The first kappa shape index (κ1) is 23.8. The zero-order valence-corrected chi connectivity index (χ0v) is 19.4. The summed E-state index contributed by atoms with van der Waals surface area (Å²) >= 11 is 0. The minimum absolute atomic E-state index is 0.302. The second kappa shape index (κ2) is 10.3. The molecule has 4 rings (SSSR count). The molecule has 0 atom stereocenters. The molecule has 2 N–H and O–H groups in total. The van der Waals surface area contributed by atoms with Crippen molar-refractivity contribution >= 4 is 22.3 Å². The lowest BCUT2D eigenvalue weighted by molar-refractivity contribution is -0.140. The molecule has 0 saturated carbocycles. The molecule has 8 heteroatoms. The lowest BCUT2D eigenvalue weighted by Crippen LogP contribution is -2.36. The van der Waals surface area contributed by atoms with E-state index in [4.69, 9.17) is 4.74 Å². The Balaban J connectivity index is 1.57. The first-order chi connectivity index (χ1) is 16.3. The fraction of sp³-hybridized carbons (Fsp3) is 0.385. The molecule has 0 unspecified atom stereocenters. The highest BCUT2D eigenvalue weighted by Gasteiger charge is 2.30. The number of piperidine rings is 1. The highest BCUT2D eigenvalue weighted by atomic mass is 19.4. The minimum atomic E-state index is -4.35. The second-order valence-corrected chi connectivity index (χ2v) is 8.57. The number of anilines is 2. The van der Waals surface area contributed by atoms with Crippen LogP contribution in [-0.4, -0.2) is 55.5 Å². The lowest BCUT2D eigenvalue weighted by Gasteiger charge is -2.30. The molecule has 3 aromatic rings. The maximum atomic E-state index is 13.4. The van der Waals surface area contributed by atoms with E-state index in [1.807, 2.05) is 30.3 Å². The number of nitrogens with zero attached hydrogens (tertiary/aromatic N) is 2. The molecule has 0 amide bonds. The number of halogens is 3. The Bertz CT molecular complexity index is 1170. The number of ether oxygens (including phenoxy) is 1. The maximum absolute atomic E-state index is 13.4. The molecule has 1 aliphatic rings. The van der Waals surface area contributed by atoms with Crippen molar-refractivity contribution in [3.05, 3.63) is 54.2 Å². The van der Waals surface area contributed by atoms with E-state index in [-0.39, 0.29) is 0 Å². The van der Waals surface area contributed by atoms with Gasteiger partial charge in [0, 0.05) is 22.8 Å². The van der Waals surface area contributed by atoms with Gasteiger partial charge < -0.3 is 24.8 Å². The number of nitrogens with one attached hydrogen (secondary N) is 2. The van der Waals surface area contributed by atoms with Gasteiger partial charge >= 0.3 is 6.18 Å². The van der Waals surface area contributed by atoms with Gasteiger partial charge in [0.05, 0.1) is 24.9 Å². The fourth-order valence-electron chi connectivity index (χ4n) is 4.23. The van der Waals surface area contributed by atoms with Crippen LogP contribution in [0.1, 0.15) is 18.5 Å². The van der Waals surface area contributed by atoms with Crippen LogP contribution in [0.2, 0.25) is 0 Å². The summed E-state index contributed by atoms with van der Waals surface area (Å²) in [7, 11) is 3.70. The van der Waals surface area contributed by atoms with Crippen LogP contribution in [0.3, 0.4) is 0 Å². The summed E-state index contributed by atoms with van der Waals surface area (Å²) in [6.07, 6.45) is -2.35. The molecule has 180 valence electrons. The van der Waals surface area contributed by atoms with Gasteiger partial charge in [-0.3, -0.25) is 0 Å². The molecule has 2 heterocycles. The van der Waals surface area contributed by atoms with E-state index in [1.165, 1.54) is 4.57 Å². The Morgan fingerprint density at radius 1 is 1.09 bits per heavy atom. The number of aromatic nitrogens is 1. The Hall–Kier alpha value is -3.31. The van der Waals surface area contributed by atoms with Gasteiger partial charge in [-0.1, -0.05) is 12.0 Å². The average Bonchev–Trinajstić information content (AvgIpc) is 3.15. The molecule has 1 saturated heterocycles. The number of hydrogen-bond donors (Lipinski definition) is 2. The molecule has 1 fully saturated rings. The Morgan fingerprint density at radius 3 is 2.50 bits per heavy atom. The van der Waals surface area contributed by atoms with Crippen molar-refractivity contribution in [2.24, 2.45) is 0 Å². The van der Waals surface area contributed by atoms with Gasteiger partial charge in [-0.15, -0.1) is 0 Å². The highest BCUT2D eigenvalue weighted by molar-refractivity contribution is 5.94. The Kier molecular flexibility index (Phi) is 7.23. The zero-order valence-electron chi connectivity index (χ0n) is 19.4. The van der Waals surface area contributed by atoms with Gasteiger partial charge in [0.15, 0.2) is 0 Å². The summed E-state index contributed by atoms with van der Waals surface area (Å²) < 4.78 is 46.6. The highest BCUT2D eigenvalue weighted by Crippen LogP contribution is 2.31. The van der Waals surface area contributed by atoms with E-state index < -0.39 is 12.7 Å². The first-order valence-corrected chi connectivity index (χ1v) is 11.3.